The Kier molecular flexibility index (Phi) is 2.85. The normalized spacial score (nSPS) is 11.2. The number of aryl methyl sites for hydroxylation is 2. The van der Waals surface area contributed by atoms with E-state index < -0.39 is 0 Å². The van der Waals surface area contributed by atoms with Crippen molar-refractivity contribution in [1.82, 2.24) is 20.0 Å². The SMILES string of the molecule is Cc1nn(C)c(C)c1CNc1cc2[nH]ncc2cc1N. The molecular weight excluding hydrogens is 252 g/mol. The molecule has 0 aliphatic carbocycles. The zero-order chi connectivity index (χ0) is 14.3. The van der Waals surface area contributed by atoms with Gasteiger partial charge >= 0.3 is 0 Å². The molecule has 104 valence electrons. The summed E-state index contributed by atoms with van der Waals surface area (Å²) >= 11 is 0. The predicted octanol–water partition coefficient (Wildman–Crippen LogP) is 2.11. The van der Waals surface area contributed by atoms with Crippen LogP contribution in [-0.4, -0.2) is 20.0 Å². The van der Waals surface area contributed by atoms with Crippen molar-refractivity contribution < 1.29 is 0 Å². The molecule has 6 heteroatoms. The predicted molar refractivity (Wildman–Crippen MR) is 80.5 cm³/mol. The molecule has 0 aliphatic heterocycles. The Morgan fingerprint density at radius 2 is 2.15 bits per heavy atom. The highest BCUT2D eigenvalue weighted by Crippen LogP contribution is 2.25. The first-order chi connectivity index (χ1) is 9.56. The van der Waals surface area contributed by atoms with E-state index in [1.54, 1.807) is 6.20 Å². The number of H-pyrrole nitrogens is 1. The van der Waals surface area contributed by atoms with Gasteiger partial charge in [0.25, 0.3) is 0 Å². The van der Waals surface area contributed by atoms with Crippen LogP contribution < -0.4 is 11.1 Å². The number of hydrogen-bond acceptors (Lipinski definition) is 4. The Labute approximate surface area is 117 Å². The first-order valence-electron chi connectivity index (χ1n) is 6.52. The van der Waals surface area contributed by atoms with Crippen LogP contribution in [0.1, 0.15) is 17.0 Å². The van der Waals surface area contributed by atoms with Crippen molar-refractivity contribution in [3.8, 4) is 0 Å². The van der Waals surface area contributed by atoms with E-state index in [1.165, 1.54) is 5.56 Å². The Hall–Kier alpha value is -2.50. The lowest BCUT2D eigenvalue weighted by molar-refractivity contribution is 0.730. The van der Waals surface area contributed by atoms with Gasteiger partial charge in [0.2, 0.25) is 0 Å². The summed E-state index contributed by atoms with van der Waals surface area (Å²) in [5, 5.41) is 15.8. The number of benzene rings is 1. The number of nitrogens with one attached hydrogen (secondary N) is 2. The molecular formula is C14H18N6. The zero-order valence-corrected chi connectivity index (χ0v) is 11.9. The molecule has 0 bridgehead atoms. The summed E-state index contributed by atoms with van der Waals surface area (Å²) in [4.78, 5) is 0. The molecule has 0 unspecified atom stereocenters. The van der Waals surface area contributed by atoms with Crippen molar-refractivity contribution in [2.75, 3.05) is 11.1 Å². The van der Waals surface area contributed by atoms with Crippen molar-refractivity contribution >= 4 is 22.3 Å². The number of nitrogens with zero attached hydrogens (tertiary/aromatic N) is 3. The number of aromatic nitrogens is 4. The minimum absolute atomic E-state index is 0.704. The molecule has 3 rings (SSSR count). The summed E-state index contributed by atoms with van der Waals surface area (Å²) in [7, 11) is 1.96. The first kappa shape index (κ1) is 12.5. The van der Waals surface area contributed by atoms with Crippen molar-refractivity contribution in [3.63, 3.8) is 0 Å². The molecule has 1 aromatic carbocycles. The quantitative estimate of drug-likeness (QED) is 0.636. The van der Waals surface area contributed by atoms with Gasteiger partial charge in [-0.3, -0.25) is 9.78 Å². The van der Waals surface area contributed by atoms with Crippen molar-refractivity contribution in [3.05, 3.63) is 35.3 Å². The third kappa shape index (κ3) is 1.99. The molecule has 2 aromatic heterocycles. The summed E-state index contributed by atoms with van der Waals surface area (Å²) in [6, 6.07) is 3.91. The largest absolute Gasteiger partial charge is 0.397 e. The van der Waals surface area contributed by atoms with Gasteiger partial charge in [-0.05, 0) is 26.0 Å². The average Bonchev–Trinajstić information content (AvgIpc) is 2.93. The second-order valence-corrected chi connectivity index (χ2v) is 5.02. The van der Waals surface area contributed by atoms with Crippen LogP contribution >= 0.6 is 0 Å². The topological polar surface area (TPSA) is 84.5 Å². The summed E-state index contributed by atoms with van der Waals surface area (Å²) in [5.41, 5.74) is 12.1. The van der Waals surface area contributed by atoms with E-state index in [-0.39, 0.29) is 0 Å². The van der Waals surface area contributed by atoms with E-state index in [2.05, 4.69) is 27.5 Å². The van der Waals surface area contributed by atoms with Crippen LogP contribution in [0.2, 0.25) is 0 Å². The standard InChI is InChI=1S/C14H18N6/c1-8-11(9(2)20(3)19-8)7-16-14-5-13-10(4-12(14)15)6-17-18-13/h4-6,16H,7,15H2,1-3H3,(H,17,18). The number of fused-ring (bicyclic) bond motifs is 1. The Morgan fingerprint density at radius 3 is 2.85 bits per heavy atom. The van der Waals surface area contributed by atoms with Crippen molar-refractivity contribution in [2.45, 2.75) is 20.4 Å². The van der Waals surface area contributed by atoms with Crippen LogP contribution in [-0.2, 0) is 13.6 Å². The first-order valence-corrected chi connectivity index (χ1v) is 6.52. The lowest BCUT2D eigenvalue weighted by Crippen LogP contribution is -2.04. The highest BCUT2D eigenvalue weighted by atomic mass is 15.3. The molecule has 0 saturated heterocycles. The number of nitrogens with two attached hydrogens (primary N) is 1. The van der Waals surface area contributed by atoms with Gasteiger partial charge in [-0.25, -0.2) is 0 Å². The Balaban J connectivity index is 1.88. The van der Waals surface area contributed by atoms with E-state index in [9.17, 15) is 0 Å². The smallest absolute Gasteiger partial charge is 0.0672 e. The summed E-state index contributed by atoms with van der Waals surface area (Å²) in [5.74, 6) is 0. The Bertz CT molecular complexity index is 767. The van der Waals surface area contributed by atoms with Crippen LogP contribution in [0.3, 0.4) is 0 Å². The fraction of sp³-hybridized carbons (Fsp3) is 0.286. The molecule has 2 heterocycles. The third-order valence-corrected chi connectivity index (χ3v) is 3.72. The fourth-order valence-electron chi connectivity index (χ4n) is 2.42. The molecule has 0 fully saturated rings. The van der Waals surface area contributed by atoms with Crippen molar-refractivity contribution in [2.24, 2.45) is 7.05 Å². The van der Waals surface area contributed by atoms with Crippen molar-refractivity contribution in [1.29, 1.82) is 0 Å². The number of aromatic amines is 1. The van der Waals surface area contributed by atoms with Gasteiger partial charge in [0.05, 0.1) is 28.8 Å². The van der Waals surface area contributed by atoms with E-state index >= 15 is 0 Å². The number of rotatable bonds is 3. The van der Waals surface area contributed by atoms with Crippen LogP contribution in [0, 0.1) is 13.8 Å². The van der Waals surface area contributed by atoms with Crippen LogP contribution in [0.15, 0.2) is 18.3 Å². The van der Waals surface area contributed by atoms with Gasteiger partial charge in [-0.2, -0.15) is 10.2 Å². The maximum absolute atomic E-state index is 6.07. The van der Waals surface area contributed by atoms with Gasteiger partial charge in [-0.1, -0.05) is 0 Å². The molecule has 20 heavy (non-hydrogen) atoms. The van der Waals surface area contributed by atoms with Crippen LogP contribution in [0.5, 0.6) is 0 Å². The van der Waals surface area contributed by atoms with E-state index in [0.717, 1.165) is 33.7 Å². The highest BCUT2D eigenvalue weighted by Gasteiger charge is 2.10. The molecule has 0 amide bonds. The summed E-state index contributed by atoms with van der Waals surface area (Å²) < 4.78 is 1.90. The number of nitrogen functional groups attached to an aromatic ring is 1. The minimum Gasteiger partial charge on any atom is -0.397 e. The van der Waals surface area contributed by atoms with E-state index in [4.69, 9.17) is 5.73 Å². The van der Waals surface area contributed by atoms with Gasteiger partial charge in [0.1, 0.15) is 0 Å². The monoisotopic (exact) mass is 270 g/mol. The molecule has 0 radical (unpaired) electrons. The summed E-state index contributed by atoms with van der Waals surface area (Å²) in [6.45, 7) is 4.79. The second-order valence-electron chi connectivity index (χ2n) is 5.02. The minimum atomic E-state index is 0.704. The molecule has 6 nitrogen and oxygen atoms in total. The van der Waals surface area contributed by atoms with Crippen LogP contribution in [0.25, 0.3) is 10.9 Å². The third-order valence-electron chi connectivity index (χ3n) is 3.72. The average molecular weight is 270 g/mol. The molecule has 0 aliphatic rings. The number of anilines is 2. The molecule has 0 atom stereocenters. The molecule has 3 aromatic rings. The van der Waals surface area contributed by atoms with Gasteiger partial charge in [0, 0.05) is 30.2 Å². The number of hydrogen-bond donors (Lipinski definition) is 3. The van der Waals surface area contributed by atoms with E-state index in [1.807, 2.05) is 30.8 Å². The lowest BCUT2D eigenvalue weighted by Gasteiger charge is -2.10. The lowest BCUT2D eigenvalue weighted by atomic mass is 10.1. The molecule has 4 N–H and O–H groups in total. The second kappa shape index (κ2) is 4.56. The Morgan fingerprint density at radius 1 is 1.35 bits per heavy atom. The maximum atomic E-state index is 6.07. The van der Waals surface area contributed by atoms with Gasteiger partial charge < -0.3 is 11.1 Å². The van der Waals surface area contributed by atoms with Gasteiger partial charge in [0.15, 0.2) is 0 Å². The highest BCUT2D eigenvalue weighted by molar-refractivity contribution is 5.88. The maximum Gasteiger partial charge on any atom is 0.0672 e. The molecule has 0 spiro atoms. The fourth-order valence-corrected chi connectivity index (χ4v) is 2.42. The summed E-state index contributed by atoms with van der Waals surface area (Å²) in [6.07, 6.45) is 1.77. The zero-order valence-electron chi connectivity index (χ0n) is 11.9. The van der Waals surface area contributed by atoms with Gasteiger partial charge in [-0.15, -0.1) is 0 Å². The van der Waals surface area contributed by atoms with E-state index in [0.29, 0.717) is 6.54 Å². The molecule has 0 saturated carbocycles. The van der Waals surface area contributed by atoms with Crippen LogP contribution in [0.4, 0.5) is 11.4 Å².